The van der Waals surface area contributed by atoms with Gasteiger partial charge in [-0.1, -0.05) is 60.7 Å². The number of H-pyrrole nitrogens is 2. The number of nitrogens with zero attached hydrogens (tertiary/aromatic N) is 6. The highest BCUT2D eigenvalue weighted by Crippen LogP contribution is 2.27. The highest BCUT2D eigenvalue weighted by atomic mass is 16.5. The number of fused-ring (bicyclic) bond motifs is 6. The second-order valence-electron chi connectivity index (χ2n) is 13.6. The number of benzene rings is 4. The minimum atomic E-state index is -0.135. The zero-order valence-electron chi connectivity index (χ0n) is 31.6. The summed E-state index contributed by atoms with van der Waals surface area (Å²) < 4.78 is 13.9. The maximum absolute atomic E-state index is 13.6. The van der Waals surface area contributed by atoms with E-state index in [0.717, 1.165) is 56.2 Å². The molecule has 0 spiro atoms. The number of nitrogens with one attached hydrogen (secondary N) is 2. The summed E-state index contributed by atoms with van der Waals surface area (Å²) in [6.07, 6.45) is 4.49. The summed E-state index contributed by atoms with van der Waals surface area (Å²) in [5, 5.41) is 17.9. The summed E-state index contributed by atoms with van der Waals surface area (Å²) in [5.41, 5.74) is 7.42. The third-order valence-electron chi connectivity index (χ3n) is 10.1. The molecule has 0 aliphatic carbocycles. The first-order chi connectivity index (χ1) is 28.5. The molecule has 284 valence electrons. The fraction of sp³-hybridized carbons (Fsp3) is 0.0870. The van der Waals surface area contributed by atoms with Crippen LogP contribution in [0.3, 0.4) is 0 Å². The lowest BCUT2D eigenvalue weighted by atomic mass is 10.1. The van der Waals surface area contributed by atoms with Crippen molar-refractivity contribution in [2.75, 3.05) is 14.2 Å². The van der Waals surface area contributed by atoms with Crippen LogP contribution < -0.4 is 20.6 Å². The van der Waals surface area contributed by atoms with Gasteiger partial charge in [0.1, 0.15) is 33.8 Å². The normalized spacial score (nSPS) is 11.2. The highest BCUT2D eigenvalue weighted by Gasteiger charge is 2.20. The van der Waals surface area contributed by atoms with E-state index in [-0.39, 0.29) is 11.1 Å². The average molecular weight is 765 g/mol. The summed E-state index contributed by atoms with van der Waals surface area (Å²) in [7, 11) is 3.28. The van der Waals surface area contributed by atoms with Crippen LogP contribution in [0.1, 0.15) is 22.5 Å². The molecule has 6 heterocycles. The third kappa shape index (κ3) is 6.52. The molecule has 0 unspecified atom stereocenters. The number of hydrogen-bond donors (Lipinski definition) is 2. The SMILES string of the molecule is COc1ccc(Cc2[nH]nc3c2c(=O)n(-c2ccccc2)c2ncccc32)cc1.COc1cccc(Cc2[nH]nc3c2c(=O)n(-c2ccccc2)c2ncccc32)c1. The Morgan fingerprint density at radius 2 is 1.02 bits per heavy atom. The van der Waals surface area contributed by atoms with Crippen molar-refractivity contribution in [3.8, 4) is 22.9 Å². The van der Waals surface area contributed by atoms with E-state index in [1.165, 1.54) is 0 Å². The first-order valence-corrected chi connectivity index (χ1v) is 18.6. The molecule has 0 amide bonds. The topological polar surface area (TPSA) is 146 Å². The maximum Gasteiger partial charge on any atom is 0.268 e. The number of aromatic amines is 2. The lowest BCUT2D eigenvalue weighted by Crippen LogP contribution is -2.20. The van der Waals surface area contributed by atoms with Crippen LogP contribution in [-0.4, -0.2) is 53.7 Å². The van der Waals surface area contributed by atoms with Crippen molar-refractivity contribution in [3.05, 3.63) is 189 Å². The second kappa shape index (κ2) is 15.3. The number of pyridine rings is 4. The number of methoxy groups -OCH3 is 2. The van der Waals surface area contributed by atoms with Gasteiger partial charge in [-0.15, -0.1) is 0 Å². The quantitative estimate of drug-likeness (QED) is 0.160. The van der Waals surface area contributed by atoms with Gasteiger partial charge in [0.2, 0.25) is 0 Å². The van der Waals surface area contributed by atoms with Gasteiger partial charge < -0.3 is 9.47 Å². The monoisotopic (exact) mass is 764 g/mol. The molecule has 0 saturated carbocycles. The predicted octanol–water partition coefficient (Wildman–Crippen LogP) is 7.72. The predicted molar refractivity (Wildman–Crippen MR) is 226 cm³/mol. The molecule has 10 aromatic rings. The van der Waals surface area contributed by atoms with E-state index in [2.05, 4.69) is 30.4 Å². The molecule has 12 nitrogen and oxygen atoms in total. The van der Waals surface area contributed by atoms with Crippen LogP contribution in [-0.2, 0) is 12.8 Å². The highest BCUT2D eigenvalue weighted by molar-refractivity contribution is 6.04. The molecule has 12 heteroatoms. The Morgan fingerprint density at radius 1 is 0.517 bits per heavy atom. The molecule has 58 heavy (non-hydrogen) atoms. The van der Waals surface area contributed by atoms with Gasteiger partial charge in [0, 0.05) is 36.0 Å². The molecule has 2 N–H and O–H groups in total. The van der Waals surface area contributed by atoms with Gasteiger partial charge in [-0.25, -0.2) is 9.97 Å². The molecule has 0 bridgehead atoms. The maximum atomic E-state index is 13.6. The second-order valence-corrected chi connectivity index (χ2v) is 13.6. The smallest absolute Gasteiger partial charge is 0.268 e. The first-order valence-electron chi connectivity index (χ1n) is 18.6. The molecule has 0 radical (unpaired) electrons. The third-order valence-corrected chi connectivity index (χ3v) is 10.1. The zero-order chi connectivity index (χ0) is 39.6. The average Bonchev–Trinajstić information content (AvgIpc) is 3.90. The minimum Gasteiger partial charge on any atom is -0.497 e. The van der Waals surface area contributed by atoms with Crippen molar-refractivity contribution in [2.45, 2.75) is 12.8 Å². The van der Waals surface area contributed by atoms with Gasteiger partial charge in [0.25, 0.3) is 11.1 Å². The lowest BCUT2D eigenvalue weighted by Gasteiger charge is -2.10. The van der Waals surface area contributed by atoms with Crippen LogP contribution in [0.25, 0.3) is 55.2 Å². The minimum absolute atomic E-state index is 0.130. The lowest BCUT2D eigenvalue weighted by molar-refractivity contribution is 0.414. The van der Waals surface area contributed by atoms with Crippen molar-refractivity contribution >= 4 is 43.9 Å². The molecule has 0 saturated heterocycles. The van der Waals surface area contributed by atoms with Gasteiger partial charge in [-0.2, -0.15) is 10.2 Å². The first kappa shape index (κ1) is 35.8. The number of rotatable bonds is 8. The molecule has 0 atom stereocenters. The van der Waals surface area contributed by atoms with E-state index in [4.69, 9.17) is 9.47 Å². The number of para-hydroxylation sites is 2. The Balaban J connectivity index is 0.000000150. The van der Waals surface area contributed by atoms with Crippen LogP contribution in [0.5, 0.6) is 11.5 Å². The molecule has 0 aliphatic rings. The molecular weight excluding hydrogens is 729 g/mol. The Morgan fingerprint density at radius 3 is 1.52 bits per heavy atom. The van der Waals surface area contributed by atoms with Crippen molar-refractivity contribution < 1.29 is 9.47 Å². The zero-order valence-corrected chi connectivity index (χ0v) is 31.6. The van der Waals surface area contributed by atoms with E-state index < -0.39 is 0 Å². The standard InChI is InChI=1S/2C23H18N4O2/c1-29-17-10-5-7-15(13-17)14-19-20-21(26-25-19)18-11-6-12-24-22(18)27(23(20)28)16-8-3-2-4-9-16;1-29-17-11-9-15(10-12-17)14-19-20-21(26-25-19)18-8-5-13-24-22(18)27(23(20)28)16-6-3-2-4-7-16/h2*2-13H,14H2,1H3,(H,25,26). The summed E-state index contributed by atoms with van der Waals surface area (Å²) in [6.45, 7) is 0. The van der Waals surface area contributed by atoms with Crippen molar-refractivity contribution in [1.29, 1.82) is 0 Å². The Kier molecular flexibility index (Phi) is 9.48. The van der Waals surface area contributed by atoms with Crippen LogP contribution >= 0.6 is 0 Å². The van der Waals surface area contributed by atoms with Crippen LogP contribution in [0, 0.1) is 0 Å². The van der Waals surface area contributed by atoms with Crippen LogP contribution in [0.4, 0.5) is 0 Å². The largest absolute Gasteiger partial charge is 0.497 e. The number of hydrogen-bond acceptors (Lipinski definition) is 8. The van der Waals surface area contributed by atoms with Gasteiger partial charge in [0.05, 0.1) is 47.8 Å². The summed E-state index contributed by atoms with van der Waals surface area (Å²) in [6, 6.07) is 42.3. The molecule has 10 rings (SSSR count). The summed E-state index contributed by atoms with van der Waals surface area (Å²) >= 11 is 0. The van der Waals surface area contributed by atoms with E-state index in [9.17, 15) is 9.59 Å². The Hall–Kier alpha value is -7.86. The molecular formula is C46H36N8O4. The van der Waals surface area contributed by atoms with E-state index >= 15 is 0 Å². The molecule has 0 aliphatic heterocycles. The molecule has 6 aromatic heterocycles. The van der Waals surface area contributed by atoms with Gasteiger partial charge in [0.15, 0.2) is 0 Å². The van der Waals surface area contributed by atoms with Gasteiger partial charge in [-0.3, -0.25) is 28.9 Å². The molecule has 4 aromatic carbocycles. The van der Waals surface area contributed by atoms with Crippen LogP contribution in [0.15, 0.2) is 155 Å². The number of ether oxygens (including phenoxy) is 2. The summed E-state index contributed by atoms with van der Waals surface area (Å²) in [4.78, 5) is 36.1. The fourth-order valence-electron chi connectivity index (χ4n) is 7.37. The fourth-order valence-corrected chi connectivity index (χ4v) is 7.37. The number of aromatic nitrogens is 8. The Labute approximate surface area is 331 Å². The van der Waals surface area contributed by atoms with E-state index in [1.54, 1.807) is 35.7 Å². The molecule has 0 fully saturated rings. The van der Waals surface area contributed by atoms with Gasteiger partial charge in [-0.05, 0) is 83.9 Å². The van der Waals surface area contributed by atoms with Crippen molar-refractivity contribution in [1.82, 2.24) is 39.5 Å². The van der Waals surface area contributed by atoms with Crippen molar-refractivity contribution in [2.24, 2.45) is 0 Å². The van der Waals surface area contributed by atoms with Crippen LogP contribution in [0.2, 0.25) is 0 Å². The van der Waals surface area contributed by atoms with E-state index in [1.807, 2.05) is 133 Å². The summed E-state index contributed by atoms with van der Waals surface area (Å²) in [5.74, 6) is 1.58. The van der Waals surface area contributed by atoms with Gasteiger partial charge >= 0.3 is 0 Å². The van der Waals surface area contributed by atoms with Crippen molar-refractivity contribution in [3.63, 3.8) is 0 Å². The van der Waals surface area contributed by atoms with E-state index in [0.29, 0.717) is 45.9 Å². The Bertz CT molecular complexity index is 3190.